The normalized spacial score (nSPS) is 14.2. The molecule has 0 saturated carbocycles. The molecule has 1 aromatic carbocycles. The van der Waals surface area contributed by atoms with Crippen molar-refractivity contribution in [3.63, 3.8) is 0 Å². The van der Waals surface area contributed by atoms with Crippen LogP contribution in [0.15, 0.2) is 35.3 Å². The lowest BCUT2D eigenvalue weighted by Gasteiger charge is -2.18. The summed E-state index contributed by atoms with van der Waals surface area (Å²) in [5.41, 5.74) is 1.19. The smallest absolute Gasteiger partial charge is 0.191 e. The number of hydrogen-bond donors (Lipinski definition) is 2. The van der Waals surface area contributed by atoms with Crippen LogP contribution in [-0.2, 0) is 22.1 Å². The average molecular weight is 509 g/mol. The molecule has 0 aliphatic carbocycles. The SMILES string of the molecule is CCNC(=NCC(C)COCc1ccccc1)NCCS(=O)C(C)(C)C.I. The van der Waals surface area contributed by atoms with E-state index in [4.69, 9.17) is 4.74 Å². The maximum atomic E-state index is 12.1. The zero-order chi connectivity index (χ0) is 19.4. The Morgan fingerprint density at radius 1 is 1.22 bits per heavy atom. The first-order valence-electron chi connectivity index (χ1n) is 9.35. The van der Waals surface area contributed by atoms with Gasteiger partial charge in [0.25, 0.3) is 0 Å². The fraction of sp³-hybridized carbons (Fsp3) is 0.650. The van der Waals surface area contributed by atoms with E-state index in [1.54, 1.807) is 0 Å². The number of rotatable bonds is 10. The van der Waals surface area contributed by atoms with E-state index < -0.39 is 10.8 Å². The zero-order valence-corrected chi connectivity index (χ0v) is 20.4. The van der Waals surface area contributed by atoms with Crippen molar-refractivity contribution >= 4 is 40.7 Å². The van der Waals surface area contributed by atoms with E-state index in [-0.39, 0.29) is 28.7 Å². The standard InChI is InChI=1S/C20H35N3O2S.HI/c1-6-21-19(22-12-13-26(24)20(3,4)5)23-14-17(2)15-25-16-18-10-8-7-9-11-18;/h7-11,17H,6,12-16H2,1-5H3,(H2,21,22,23);1H. The summed E-state index contributed by atoms with van der Waals surface area (Å²) in [6, 6.07) is 10.2. The lowest BCUT2D eigenvalue weighted by atomic mass is 10.2. The summed E-state index contributed by atoms with van der Waals surface area (Å²) in [7, 11) is -0.858. The van der Waals surface area contributed by atoms with E-state index in [1.165, 1.54) is 5.56 Å². The van der Waals surface area contributed by atoms with Crippen LogP contribution in [0.2, 0.25) is 0 Å². The van der Waals surface area contributed by atoms with Crippen molar-refractivity contribution in [2.75, 3.05) is 32.0 Å². The van der Waals surface area contributed by atoms with Gasteiger partial charge in [-0.3, -0.25) is 9.20 Å². The Hall–Kier alpha value is -0.670. The molecule has 0 saturated heterocycles. The Labute approximate surface area is 184 Å². The van der Waals surface area contributed by atoms with Crippen LogP contribution in [0.3, 0.4) is 0 Å². The Morgan fingerprint density at radius 2 is 1.89 bits per heavy atom. The summed E-state index contributed by atoms with van der Waals surface area (Å²) >= 11 is 0. The van der Waals surface area contributed by atoms with E-state index in [0.717, 1.165) is 12.5 Å². The van der Waals surface area contributed by atoms with E-state index in [0.29, 0.717) is 38.0 Å². The summed E-state index contributed by atoms with van der Waals surface area (Å²) in [6.45, 7) is 13.6. The van der Waals surface area contributed by atoms with Crippen molar-refractivity contribution in [3.05, 3.63) is 35.9 Å². The average Bonchev–Trinajstić information content (AvgIpc) is 2.59. The minimum absolute atomic E-state index is 0. The van der Waals surface area contributed by atoms with Crippen molar-refractivity contribution in [2.24, 2.45) is 10.9 Å². The predicted octanol–water partition coefficient (Wildman–Crippen LogP) is 3.56. The molecule has 0 radical (unpaired) electrons. The van der Waals surface area contributed by atoms with Gasteiger partial charge in [-0.1, -0.05) is 37.3 Å². The molecule has 0 fully saturated rings. The number of aliphatic imine (C=N–C) groups is 1. The Bertz CT molecular complexity index is 562. The second-order valence-corrected chi connectivity index (χ2v) is 9.74. The van der Waals surface area contributed by atoms with Crippen LogP contribution in [0.25, 0.3) is 0 Å². The molecule has 0 spiro atoms. The molecule has 2 atom stereocenters. The van der Waals surface area contributed by atoms with Gasteiger partial charge in [-0.2, -0.15) is 0 Å². The molecule has 0 amide bonds. The number of benzene rings is 1. The van der Waals surface area contributed by atoms with Crippen molar-refractivity contribution < 1.29 is 8.95 Å². The molecule has 0 aromatic heterocycles. The molecule has 1 aromatic rings. The third-order valence-corrected chi connectivity index (χ3v) is 5.62. The molecule has 1 rings (SSSR count). The molecular weight excluding hydrogens is 473 g/mol. The molecule has 0 aliphatic rings. The summed E-state index contributed by atoms with van der Waals surface area (Å²) in [4.78, 5) is 4.61. The first-order valence-corrected chi connectivity index (χ1v) is 10.7. The van der Waals surface area contributed by atoms with Crippen molar-refractivity contribution in [1.29, 1.82) is 0 Å². The van der Waals surface area contributed by atoms with Gasteiger partial charge in [-0.05, 0) is 39.2 Å². The summed E-state index contributed by atoms with van der Waals surface area (Å²) in [6.07, 6.45) is 0. The highest BCUT2D eigenvalue weighted by Gasteiger charge is 2.18. The molecule has 2 N–H and O–H groups in total. The van der Waals surface area contributed by atoms with Gasteiger partial charge in [0.1, 0.15) is 0 Å². The quantitative estimate of drug-likeness (QED) is 0.288. The Morgan fingerprint density at radius 3 is 2.48 bits per heavy atom. The minimum atomic E-state index is -0.858. The second-order valence-electron chi connectivity index (χ2n) is 7.41. The van der Waals surface area contributed by atoms with Crippen molar-refractivity contribution in [1.82, 2.24) is 10.6 Å². The zero-order valence-electron chi connectivity index (χ0n) is 17.3. The number of guanidine groups is 1. The van der Waals surface area contributed by atoms with Crippen molar-refractivity contribution in [2.45, 2.75) is 46.0 Å². The molecule has 2 unspecified atom stereocenters. The highest BCUT2D eigenvalue weighted by molar-refractivity contribution is 14.0. The van der Waals surface area contributed by atoms with Gasteiger partial charge in [0, 0.05) is 40.9 Å². The van der Waals surface area contributed by atoms with Crippen molar-refractivity contribution in [3.8, 4) is 0 Å². The van der Waals surface area contributed by atoms with Gasteiger partial charge >= 0.3 is 0 Å². The summed E-state index contributed by atoms with van der Waals surface area (Å²) in [5.74, 6) is 1.72. The molecule has 5 nitrogen and oxygen atoms in total. The fourth-order valence-corrected chi connectivity index (χ4v) is 3.06. The molecule has 7 heteroatoms. The first-order chi connectivity index (χ1) is 12.3. The van der Waals surface area contributed by atoms with Gasteiger partial charge in [0.15, 0.2) is 5.96 Å². The molecule has 27 heavy (non-hydrogen) atoms. The molecular formula is C20H36IN3O2S. The Kier molecular flexibility index (Phi) is 14.0. The largest absolute Gasteiger partial charge is 0.376 e. The van der Waals surface area contributed by atoms with Crippen LogP contribution in [0.5, 0.6) is 0 Å². The lowest BCUT2D eigenvalue weighted by molar-refractivity contribution is 0.0945. The van der Waals surface area contributed by atoms with E-state index >= 15 is 0 Å². The van der Waals surface area contributed by atoms with Crippen LogP contribution in [0.1, 0.15) is 40.2 Å². The molecule has 0 aliphatic heterocycles. The Balaban J connectivity index is 0.00000676. The van der Waals surface area contributed by atoms with Gasteiger partial charge in [-0.25, -0.2) is 0 Å². The highest BCUT2D eigenvalue weighted by Crippen LogP contribution is 2.10. The number of nitrogens with zero attached hydrogens (tertiary/aromatic N) is 1. The predicted molar refractivity (Wildman–Crippen MR) is 127 cm³/mol. The summed E-state index contributed by atoms with van der Waals surface area (Å²) in [5, 5.41) is 6.50. The topological polar surface area (TPSA) is 62.7 Å². The first kappa shape index (κ1) is 26.3. The third-order valence-electron chi connectivity index (χ3n) is 3.68. The van der Waals surface area contributed by atoms with Gasteiger partial charge in [-0.15, -0.1) is 24.0 Å². The number of halogens is 1. The second kappa shape index (κ2) is 14.3. The summed E-state index contributed by atoms with van der Waals surface area (Å²) < 4.78 is 17.7. The number of ether oxygens (including phenoxy) is 1. The van der Waals surface area contributed by atoms with Gasteiger partial charge < -0.3 is 15.4 Å². The molecule has 156 valence electrons. The molecule has 0 heterocycles. The maximum Gasteiger partial charge on any atom is 0.191 e. The fourth-order valence-electron chi connectivity index (χ4n) is 2.16. The maximum absolute atomic E-state index is 12.1. The number of nitrogens with one attached hydrogen (secondary N) is 2. The highest BCUT2D eigenvalue weighted by atomic mass is 127. The molecule has 0 bridgehead atoms. The van der Waals surface area contributed by atoms with Gasteiger partial charge in [0.2, 0.25) is 0 Å². The third kappa shape index (κ3) is 12.4. The number of hydrogen-bond acceptors (Lipinski definition) is 3. The minimum Gasteiger partial charge on any atom is -0.376 e. The van der Waals surface area contributed by atoms with Crippen LogP contribution < -0.4 is 10.6 Å². The van der Waals surface area contributed by atoms with Crippen LogP contribution in [0, 0.1) is 5.92 Å². The van der Waals surface area contributed by atoms with E-state index in [9.17, 15) is 4.21 Å². The van der Waals surface area contributed by atoms with Crippen LogP contribution >= 0.6 is 24.0 Å². The van der Waals surface area contributed by atoms with Crippen LogP contribution in [0.4, 0.5) is 0 Å². The van der Waals surface area contributed by atoms with Crippen LogP contribution in [-0.4, -0.2) is 46.9 Å². The van der Waals surface area contributed by atoms with E-state index in [2.05, 4.69) is 34.7 Å². The lowest BCUT2D eigenvalue weighted by Crippen LogP contribution is -2.40. The monoisotopic (exact) mass is 509 g/mol. The van der Waals surface area contributed by atoms with E-state index in [1.807, 2.05) is 45.9 Å². The van der Waals surface area contributed by atoms with Gasteiger partial charge in [0.05, 0.1) is 13.2 Å².